The summed E-state index contributed by atoms with van der Waals surface area (Å²) in [6.45, 7) is 0. The fourth-order valence-electron chi connectivity index (χ4n) is 2.75. The van der Waals surface area contributed by atoms with Crippen LogP contribution >= 0.6 is 0 Å². The summed E-state index contributed by atoms with van der Waals surface area (Å²) in [4.78, 5) is 4.49. The molecule has 106 valence electrons. The zero-order chi connectivity index (χ0) is 14.5. The minimum atomic E-state index is 0.0484. The lowest BCUT2D eigenvalue weighted by Crippen LogP contribution is -2.11. The predicted molar refractivity (Wildman–Crippen MR) is 88.1 cm³/mol. The molecule has 0 aliphatic heterocycles. The topological polar surface area (TPSA) is 38.9 Å². The number of benzene rings is 2. The molecule has 0 amide bonds. The Kier molecular flexibility index (Phi) is 4.27. The molecule has 0 fully saturated rings. The van der Waals surface area contributed by atoms with E-state index in [1.165, 1.54) is 5.56 Å². The van der Waals surface area contributed by atoms with Gasteiger partial charge in [0.2, 0.25) is 0 Å². The average Bonchev–Trinajstić information content (AvgIpc) is 2.55. The van der Waals surface area contributed by atoms with Gasteiger partial charge in [-0.2, -0.15) is 0 Å². The highest BCUT2D eigenvalue weighted by Gasteiger charge is 2.10. The molecule has 2 heteroatoms. The van der Waals surface area contributed by atoms with Gasteiger partial charge in [-0.1, -0.05) is 54.6 Å². The summed E-state index contributed by atoms with van der Waals surface area (Å²) in [6.07, 6.45) is 4.98. The molecule has 0 saturated carbocycles. The number of aryl methyl sites for hydroxylation is 1. The highest BCUT2D eigenvalue weighted by molar-refractivity contribution is 5.81. The molecule has 1 aromatic heterocycles. The summed E-state index contributed by atoms with van der Waals surface area (Å²) in [5.74, 6) is 0. The molecule has 1 atom stereocenters. The van der Waals surface area contributed by atoms with E-state index >= 15 is 0 Å². The number of para-hydroxylation sites is 1. The van der Waals surface area contributed by atoms with Crippen LogP contribution in [0.1, 0.15) is 30.0 Å². The molecule has 1 unspecified atom stereocenters. The summed E-state index contributed by atoms with van der Waals surface area (Å²) in [5.41, 5.74) is 9.95. The normalized spacial score (nSPS) is 12.4. The Morgan fingerprint density at radius 2 is 1.71 bits per heavy atom. The van der Waals surface area contributed by atoms with E-state index < -0.39 is 0 Å². The molecule has 1 heterocycles. The van der Waals surface area contributed by atoms with Gasteiger partial charge >= 0.3 is 0 Å². The van der Waals surface area contributed by atoms with Crippen LogP contribution in [0, 0.1) is 0 Å². The second-order valence-corrected chi connectivity index (χ2v) is 5.41. The number of rotatable bonds is 5. The third-order valence-electron chi connectivity index (χ3n) is 3.89. The van der Waals surface area contributed by atoms with Crippen molar-refractivity contribution >= 4 is 10.9 Å². The van der Waals surface area contributed by atoms with Crippen molar-refractivity contribution in [1.82, 2.24) is 4.98 Å². The van der Waals surface area contributed by atoms with Crippen molar-refractivity contribution in [2.75, 3.05) is 0 Å². The van der Waals surface area contributed by atoms with Crippen LogP contribution in [0.5, 0.6) is 0 Å². The van der Waals surface area contributed by atoms with Crippen LogP contribution in [0.3, 0.4) is 0 Å². The zero-order valence-electron chi connectivity index (χ0n) is 12.1. The summed E-state index contributed by atoms with van der Waals surface area (Å²) >= 11 is 0. The number of hydrogen-bond acceptors (Lipinski definition) is 2. The first-order chi connectivity index (χ1) is 10.3. The number of aromatic nitrogens is 1. The molecular weight excluding hydrogens is 256 g/mol. The fraction of sp³-hybridized carbons (Fsp3) is 0.211. The van der Waals surface area contributed by atoms with E-state index in [1.807, 2.05) is 12.3 Å². The summed E-state index contributed by atoms with van der Waals surface area (Å²) < 4.78 is 0. The van der Waals surface area contributed by atoms with Gasteiger partial charge < -0.3 is 5.73 Å². The molecule has 0 spiro atoms. The van der Waals surface area contributed by atoms with E-state index in [9.17, 15) is 0 Å². The third kappa shape index (κ3) is 3.29. The zero-order valence-corrected chi connectivity index (χ0v) is 12.1. The van der Waals surface area contributed by atoms with Crippen LogP contribution in [0.2, 0.25) is 0 Å². The maximum absolute atomic E-state index is 6.39. The second kappa shape index (κ2) is 6.51. The molecule has 0 aliphatic rings. The molecule has 0 saturated heterocycles. The number of fused-ring (bicyclic) bond motifs is 1. The maximum Gasteiger partial charge on any atom is 0.0749 e. The number of nitrogens with zero attached hydrogens (tertiary/aromatic N) is 1. The van der Waals surface area contributed by atoms with Crippen molar-refractivity contribution < 1.29 is 0 Å². The van der Waals surface area contributed by atoms with Gasteiger partial charge in [0.15, 0.2) is 0 Å². The summed E-state index contributed by atoms with van der Waals surface area (Å²) in [7, 11) is 0. The molecular formula is C19H20N2. The Labute approximate surface area is 125 Å². The van der Waals surface area contributed by atoms with Crippen LogP contribution < -0.4 is 5.73 Å². The molecule has 2 nitrogen and oxygen atoms in total. The van der Waals surface area contributed by atoms with Gasteiger partial charge in [-0.15, -0.1) is 0 Å². The quantitative estimate of drug-likeness (QED) is 0.756. The smallest absolute Gasteiger partial charge is 0.0749 e. The van der Waals surface area contributed by atoms with E-state index in [4.69, 9.17) is 5.73 Å². The standard InChI is InChI=1S/C19H20N2/c20-18(13-4-9-15-7-2-1-3-8-15)17-12-5-10-16-11-6-14-21-19(16)17/h1-3,5-8,10-12,14,18H,4,9,13,20H2. The third-order valence-corrected chi connectivity index (χ3v) is 3.89. The molecule has 2 aromatic carbocycles. The predicted octanol–water partition coefficient (Wildman–Crippen LogP) is 4.26. The lowest BCUT2D eigenvalue weighted by atomic mass is 9.97. The van der Waals surface area contributed by atoms with Crippen molar-refractivity contribution in [1.29, 1.82) is 0 Å². The summed E-state index contributed by atoms with van der Waals surface area (Å²) in [6, 6.07) is 20.9. The lowest BCUT2D eigenvalue weighted by molar-refractivity contribution is 0.614. The van der Waals surface area contributed by atoms with Crippen molar-refractivity contribution in [3.8, 4) is 0 Å². The monoisotopic (exact) mass is 276 g/mol. The second-order valence-electron chi connectivity index (χ2n) is 5.41. The van der Waals surface area contributed by atoms with Crippen molar-refractivity contribution in [2.45, 2.75) is 25.3 Å². The van der Waals surface area contributed by atoms with E-state index in [0.717, 1.165) is 35.7 Å². The Morgan fingerprint density at radius 1 is 0.905 bits per heavy atom. The van der Waals surface area contributed by atoms with Crippen LogP contribution in [0.25, 0.3) is 10.9 Å². The molecule has 0 radical (unpaired) electrons. The summed E-state index contributed by atoms with van der Waals surface area (Å²) in [5, 5.41) is 1.16. The SMILES string of the molecule is NC(CCCc1ccccc1)c1cccc2cccnc12. The van der Waals surface area contributed by atoms with Crippen molar-refractivity contribution in [3.63, 3.8) is 0 Å². The largest absolute Gasteiger partial charge is 0.324 e. The molecule has 3 aromatic rings. The molecule has 0 aliphatic carbocycles. The van der Waals surface area contributed by atoms with Gasteiger partial charge in [-0.25, -0.2) is 0 Å². The van der Waals surface area contributed by atoms with E-state index in [2.05, 4.69) is 59.6 Å². The highest BCUT2D eigenvalue weighted by Crippen LogP contribution is 2.24. The van der Waals surface area contributed by atoms with Gasteiger partial charge in [0, 0.05) is 17.6 Å². The minimum absolute atomic E-state index is 0.0484. The highest BCUT2D eigenvalue weighted by atomic mass is 14.7. The first kappa shape index (κ1) is 13.8. The fourth-order valence-corrected chi connectivity index (χ4v) is 2.75. The Hall–Kier alpha value is -2.19. The first-order valence-corrected chi connectivity index (χ1v) is 7.48. The van der Waals surface area contributed by atoms with E-state index in [1.54, 1.807) is 0 Å². The number of hydrogen-bond donors (Lipinski definition) is 1. The Bertz CT molecular complexity index is 702. The van der Waals surface area contributed by atoms with Gasteiger partial charge in [-0.3, -0.25) is 4.98 Å². The van der Waals surface area contributed by atoms with Gasteiger partial charge in [0.1, 0.15) is 0 Å². The lowest BCUT2D eigenvalue weighted by Gasteiger charge is -2.14. The first-order valence-electron chi connectivity index (χ1n) is 7.48. The van der Waals surface area contributed by atoms with Crippen molar-refractivity contribution in [2.24, 2.45) is 5.73 Å². The number of nitrogens with two attached hydrogens (primary N) is 1. The van der Waals surface area contributed by atoms with Gasteiger partial charge in [0.05, 0.1) is 5.52 Å². The molecule has 2 N–H and O–H groups in total. The average molecular weight is 276 g/mol. The number of pyridine rings is 1. The van der Waals surface area contributed by atoms with E-state index in [0.29, 0.717) is 0 Å². The molecule has 0 bridgehead atoms. The Morgan fingerprint density at radius 3 is 2.57 bits per heavy atom. The van der Waals surface area contributed by atoms with Crippen molar-refractivity contribution in [3.05, 3.63) is 78.0 Å². The molecule has 21 heavy (non-hydrogen) atoms. The van der Waals surface area contributed by atoms with Gasteiger partial charge in [-0.05, 0) is 36.5 Å². The van der Waals surface area contributed by atoms with E-state index in [-0.39, 0.29) is 6.04 Å². The van der Waals surface area contributed by atoms with Crippen LogP contribution in [0.4, 0.5) is 0 Å². The van der Waals surface area contributed by atoms with Crippen LogP contribution in [-0.4, -0.2) is 4.98 Å². The van der Waals surface area contributed by atoms with Gasteiger partial charge in [0.25, 0.3) is 0 Å². The van der Waals surface area contributed by atoms with Crippen LogP contribution in [-0.2, 0) is 6.42 Å². The van der Waals surface area contributed by atoms with Crippen LogP contribution in [0.15, 0.2) is 66.9 Å². The minimum Gasteiger partial charge on any atom is -0.324 e. The Balaban J connectivity index is 1.68. The maximum atomic E-state index is 6.39. The molecule has 3 rings (SSSR count).